The van der Waals surface area contributed by atoms with Crippen molar-refractivity contribution in [3.8, 4) is 17.1 Å². The number of aromatic amines is 1. The van der Waals surface area contributed by atoms with Gasteiger partial charge in [0.2, 0.25) is 0 Å². The second kappa shape index (κ2) is 7.70. The Hall–Kier alpha value is -4.26. The van der Waals surface area contributed by atoms with E-state index < -0.39 is 0 Å². The number of rotatable bonds is 5. The fourth-order valence-corrected chi connectivity index (χ4v) is 4.13. The summed E-state index contributed by atoms with van der Waals surface area (Å²) in [6.07, 6.45) is 9.92. The van der Waals surface area contributed by atoms with Crippen LogP contribution >= 0.6 is 0 Å². The molecule has 3 heterocycles. The molecule has 0 saturated heterocycles. The van der Waals surface area contributed by atoms with E-state index in [0.717, 1.165) is 27.9 Å². The van der Waals surface area contributed by atoms with Crippen molar-refractivity contribution in [2.24, 2.45) is 0 Å². The van der Waals surface area contributed by atoms with Gasteiger partial charge < -0.3 is 14.9 Å². The second-order valence-corrected chi connectivity index (χ2v) is 8.48. The van der Waals surface area contributed by atoms with Crippen LogP contribution in [0.2, 0.25) is 0 Å². The van der Waals surface area contributed by atoms with E-state index in [9.17, 15) is 4.79 Å². The smallest absolute Gasteiger partial charge is 0.255 e. The largest absolute Gasteiger partial charge is 0.340 e. The first-order valence-corrected chi connectivity index (χ1v) is 11.0. The van der Waals surface area contributed by atoms with E-state index in [1.165, 1.54) is 18.5 Å². The van der Waals surface area contributed by atoms with Crippen molar-refractivity contribution >= 4 is 22.3 Å². The van der Waals surface area contributed by atoms with Crippen LogP contribution in [0.5, 0.6) is 0 Å². The standard InChI is InChI=1S/C26H22N6O/c1-16-12-19(4-7-23(16)32-14-22(29-15-32)17-2-3-17)25-27-11-9-24(31-25)30-20-5-6-21-18(13-20)8-10-28-26(21)33/h4-15,17H,2-3H2,1H3,(H,28,33)(H,27,30,31). The van der Waals surface area contributed by atoms with Crippen LogP contribution < -0.4 is 10.9 Å². The lowest BCUT2D eigenvalue weighted by molar-refractivity contribution is 1.04. The number of anilines is 2. The average molecular weight is 435 g/mol. The minimum Gasteiger partial charge on any atom is -0.340 e. The molecule has 1 aliphatic carbocycles. The number of hydrogen-bond acceptors (Lipinski definition) is 5. The maximum Gasteiger partial charge on any atom is 0.255 e. The van der Waals surface area contributed by atoms with Gasteiger partial charge in [0.1, 0.15) is 5.82 Å². The fourth-order valence-electron chi connectivity index (χ4n) is 4.13. The van der Waals surface area contributed by atoms with Gasteiger partial charge in [-0.15, -0.1) is 0 Å². The van der Waals surface area contributed by atoms with Crippen LogP contribution in [0.25, 0.3) is 27.8 Å². The maximum absolute atomic E-state index is 11.9. The number of hydrogen-bond donors (Lipinski definition) is 2. The van der Waals surface area contributed by atoms with Crippen LogP contribution in [-0.2, 0) is 0 Å². The van der Waals surface area contributed by atoms with E-state index in [-0.39, 0.29) is 5.56 Å². The minimum absolute atomic E-state index is 0.0957. The first-order chi connectivity index (χ1) is 16.1. The summed E-state index contributed by atoms with van der Waals surface area (Å²) in [5.74, 6) is 1.98. The summed E-state index contributed by atoms with van der Waals surface area (Å²) in [5.41, 5.74) is 5.14. The molecule has 0 aliphatic heterocycles. The molecule has 0 amide bonds. The molecule has 1 aliphatic rings. The van der Waals surface area contributed by atoms with E-state index in [1.807, 2.05) is 42.7 Å². The van der Waals surface area contributed by atoms with Gasteiger partial charge in [-0.3, -0.25) is 4.79 Å². The molecule has 33 heavy (non-hydrogen) atoms. The number of pyridine rings is 1. The van der Waals surface area contributed by atoms with Crippen molar-refractivity contribution in [2.75, 3.05) is 5.32 Å². The van der Waals surface area contributed by atoms with Crippen molar-refractivity contribution in [3.63, 3.8) is 0 Å². The van der Waals surface area contributed by atoms with Crippen LogP contribution in [0, 0.1) is 6.92 Å². The third-order valence-electron chi connectivity index (χ3n) is 6.03. The lowest BCUT2D eigenvalue weighted by Gasteiger charge is -2.10. The van der Waals surface area contributed by atoms with Crippen LogP contribution in [0.15, 0.2) is 78.2 Å². The Balaban J connectivity index is 1.27. The lowest BCUT2D eigenvalue weighted by atomic mass is 10.1. The SMILES string of the molecule is Cc1cc(-c2nccc(Nc3ccc4c(=O)[nH]ccc4c3)n2)ccc1-n1cnc(C2CC2)c1. The van der Waals surface area contributed by atoms with Crippen LogP contribution in [-0.4, -0.2) is 24.5 Å². The van der Waals surface area contributed by atoms with Gasteiger partial charge in [0, 0.05) is 46.8 Å². The molecule has 1 fully saturated rings. The topological polar surface area (TPSA) is 88.5 Å². The highest BCUT2D eigenvalue weighted by atomic mass is 16.1. The number of H-pyrrole nitrogens is 1. The van der Waals surface area contributed by atoms with E-state index in [0.29, 0.717) is 22.9 Å². The van der Waals surface area contributed by atoms with Crippen molar-refractivity contribution in [3.05, 3.63) is 95.1 Å². The first-order valence-electron chi connectivity index (χ1n) is 11.0. The zero-order valence-corrected chi connectivity index (χ0v) is 18.1. The third kappa shape index (κ3) is 3.78. The monoisotopic (exact) mass is 434 g/mol. The van der Waals surface area contributed by atoms with Crippen molar-refractivity contribution in [2.45, 2.75) is 25.7 Å². The molecule has 0 unspecified atom stereocenters. The Kier molecular flexibility index (Phi) is 4.54. The van der Waals surface area contributed by atoms with Crippen molar-refractivity contribution < 1.29 is 0 Å². The van der Waals surface area contributed by atoms with Crippen molar-refractivity contribution in [1.29, 1.82) is 0 Å². The number of aryl methyl sites for hydroxylation is 1. The molecule has 2 N–H and O–H groups in total. The summed E-state index contributed by atoms with van der Waals surface area (Å²) in [7, 11) is 0. The average Bonchev–Trinajstić information content (AvgIpc) is 3.56. The van der Waals surface area contributed by atoms with E-state index in [1.54, 1.807) is 12.4 Å². The molecule has 5 aromatic rings. The molecule has 3 aromatic heterocycles. The maximum atomic E-state index is 11.9. The highest BCUT2D eigenvalue weighted by molar-refractivity contribution is 5.85. The number of aromatic nitrogens is 5. The third-order valence-corrected chi connectivity index (χ3v) is 6.03. The zero-order valence-electron chi connectivity index (χ0n) is 18.1. The number of nitrogens with one attached hydrogen (secondary N) is 2. The Morgan fingerprint density at radius 2 is 1.97 bits per heavy atom. The molecule has 2 aromatic carbocycles. The number of fused-ring (bicyclic) bond motifs is 1. The highest BCUT2D eigenvalue weighted by Crippen LogP contribution is 2.39. The number of nitrogens with zero attached hydrogens (tertiary/aromatic N) is 4. The van der Waals surface area contributed by atoms with Gasteiger partial charge in [-0.05, 0) is 79.2 Å². The molecule has 7 heteroatoms. The van der Waals surface area contributed by atoms with Gasteiger partial charge in [-0.2, -0.15) is 0 Å². The zero-order chi connectivity index (χ0) is 22.4. The van der Waals surface area contributed by atoms with Gasteiger partial charge in [0.15, 0.2) is 5.82 Å². The van der Waals surface area contributed by atoms with E-state index >= 15 is 0 Å². The summed E-state index contributed by atoms with van der Waals surface area (Å²) in [5, 5.41) is 4.85. The molecular formula is C26H22N6O. The van der Waals surface area contributed by atoms with Crippen LogP contribution in [0.4, 0.5) is 11.5 Å². The molecule has 162 valence electrons. The predicted octanol–water partition coefficient (Wildman–Crippen LogP) is 5.10. The Bertz CT molecular complexity index is 1550. The second-order valence-electron chi connectivity index (χ2n) is 8.48. The summed E-state index contributed by atoms with van der Waals surface area (Å²) in [6, 6.07) is 15.6. The fraction of sp³-hybridized carbons (Fsp3) is 0.154. The van der Waals surface area contributed by atoms with Gasteiger partial charge in [0.25, 0.3) is 5.56 Å². The van der Waals surface area contributed by atoms with Crippen LogP contribution in [0.1, 0.15) is 30.0 Å². The highest BCUT2D eigenvalue weighted by Gasteiger charge is 2.25. The molecule has 0 bridgehead atoms. The molecule has 0 radical (unpaired) electrons. The normalized spacial score (nSPS) is 13.4. The quantitative estimate of drug-likeness (QED) is 0.402. The molecule has 0 atom stereocenters. The lowest BCUT2D eigenvalue weighted by Crippen LogP contribution is -2.04. The van der Waals surface area contributed by atoms with Crippen molar-refractivity contribution in [1.82, 2.24) is 24.5 Å². The van der Waals surface area contributed by atoms with Crippen LogP contribution in [0.3, 0.4) is 0 Å². The molecule has 0 spiro atoms. The minimum atomic E-state index is -0.0957. The molecular weight excluding hydrogens is 412 g/mol. The predicted molar refractivity (Wildman–Crippen MR) is 129 cm³/mol. The summed E-state index contributed by atoms with van der Waals surface area (Å²) >= 11 is 0. The van der Waals surface area contributed by atoms with Gasteiger partial charge in [-0.1, -0.05) is 0 Å². The summed E-state index contributed by atoms with van der Waals surface area (Å²) in [6.45, 7) is 2.09. The molecule has 1 saturated carbocycles. The summed E-state index contributed by atoms with van der Waals surface area (Å²) in [4.78, 5) is 28.4. The number of imidazole rings is 1. The van der Waals surface area contributed by atoms with Gasteiger partial charge >= 0.3 is 0 Å². The Morgan fingerprint density at radius 1 is 1.06 bits per heavy atom. The first kappa shape index (κ1) is 19.4. The summed E-state index contributed by atoms with van der Waals surface area (Å²) < 4.78 is 2.09. The Labute approximate surface area is 190 Å². The molecule has 7 nitrogen and oxygen atoms in total. The van der Waals surface area contributed by atoms with E-state index in [2.05, 4.69) is 50.1 Å². The molecule has 6 rings (SSSR count). The van der Waals surface area contributed by atoms with Gasteiger partial charge in [-0.25, -0.2) is 15.0 Å². The number of benzene rings is 2. The Morgan fingerprint density at radius 3 is 2.82 bits per heavy atom. The van der Waals surface area contributed by atoms with Gasteiger partial charge in [0.05, 0.1) is 12.0 Å². The van der Waals surface area contributed by atoms with E-state index in [4.69, 9.17) is 4.98 Å².